The Morgan fingerprint density at radius 2 is 1.62 bits per heavy atom. The molecule has 0 saturated carbocycles. The summed E-state index contributed by atoms with van der Waals surface area (Å²) in [5.41, 5.74) is 1.64. The van der Waals surface area contributed by atoms with Crippen molar-refractivity contribution < 1.29 is 9.47 Å². The zero-order valence-corrected chi connectivity index (χ0v) is 16.6. The van der Waals surface area contributed by atoms with Gasteiger partial charge >= 0.3 is 0 Å². The molecule has 1 fully saturated rings. The number of morpholine rings is 1. The number of halogens is 1. The Balaban J connectivity index is 0.000000171. The number of nitrogens with zero attached hydrogens (tertiary/aromatic N) is 7. The first-order valence-electron chi connectivity index (χ1n) is 9.47. The van der Waals surface area contributed by atoms with Crippen LogP contribution >= 0.6 is 11.6 Å². The van der Waals surface area contributed by atoms with Gasteiger partial charge in [-0.15, -0.1) is 5.10 Å². The molecule has 10 heteroatoms. The summed E-state index contributed by atoms with van der Waals surface area (Å²) in [4.78, 5) is 10.5. The smallest absolute Gasteiger partial charge is 0.231 e. The lowest BCUT2D eigenvalue weighted by Gasteiger charge is -2.26. The first kappa shape index (κ1) is 19.6. The zero-order chi connectivity index (χ0) is 19.9. The molecule has 5 rings (SSSR count). The largest absolute Gasteiger partial charge is 0.477 e. The quantitative estimate of drug-likeness (QED) is 0.462. The first-order valence-corrected chi connectivity index (χ1v) is 9.85. The summed E-state index contributed by atoms with van der Waals surface area (Å²) in [6.07, 6.45) is 7.98. The van der Waals surface area contributed by atoms with Crippen molar-refractivity contribution in [2.24, 2.45) is 0 Å². The van der Waals surface area contributed by atoms with Gasteiger partial charge in [0.25, 0.3) is 0 Å². The minimum atomic E-state index is 0.477. The molecular weight excluding hydrogens is 394 g/mol. The second kappa shape index (κ2) is 9.64. The van der Waals surface area contributed by atoms with E-state index >= 15 is 0 Å². The molecule has 0 amide bonds. The Morgan fingerprint density at radius 3 is 2.38 bits per heavy atom. The van der Waals surface area contributed by atoms with Gasteiger partial charge in [0, 0.05) is 50.5 Å². The number of hydrogen-bond acceptors (Lipinski definition) is 7. The molecule has 1 aliphatic rings. The van der Waals surface area contributed by atoms with E-state index in [9.17, 15) is 0 Å². The molecule has 0 aliphatic carbocycles. The summed E-state index contributed by atoms with van der Waals surface area (Å²) < 4.78 is 14.3. The van der Waals surface area contributed by atoms with Gasteiger partial charge in [-0.25, -0.2) is 19.0 Å². The fraction of sp³-hybridized carbons (Fsp3) is 0.368. The Labute approximate surface area is 172 Å². The second-order valence-electron chi connectivity index (χ2n) is 6.44. The Bertz CT molecular complexity index is 1050. The topological polar surface area (TPSA) is 82.1 Å². The van der Waals surface area contributed by atoms with Gasteiger partial charge in [0.2, 0.25) is 5.88 Å². The molecule has 1 aliphatic heterocycles. The third kappa shape index (κ3) is 5.41. The Hall–Kier alpha value is -2.75. The summed E-state index contributed by atoms with van der Waals surface area (Å²) in [6, 6.07) is 7.29. The van der Waals surface area contributed by atoms with Gasteiger partial charge in [-0.2, -0.15) is 5.10 Å². The minimum Gasteiger partial charge on any atom is -0.477 e. The van der Waals surface area contributed by atoms with Crippen LogP contribution in [0.25, 0.3) is 11.3 Å². The number of rotatable bonds is 5. The molecule has 0 bridgehead atoms. The van der Waals surface area contributed by atoms with Gasteiger partial charge < -0.3 is 9.47 Å². The van der Waals surface area contributed by atoms with Crippen LogP contribution in [0.2, 0.25) is 5.15 Å². The number of imidazole rings is 2. The Kier molecular flexibility index (Phi) is 6.50. The van der Waals surface area contributed by atoms with E-state index in [0.29, 0.717) is 17.6 Å². The van der Waals surface area contributed by atoms with Crippen LogP contribution in [0.3, 0.4) is 0 Å². The number of fused-ring (bicyclic) bond motifs is 2. The molecule has 0 aromatic carbocycles. The van der Waals surface area contributed by atoms with Gasteiger partial charge in [0.05, 0.1) is 19.8 Å². The molecule has 4 aromatic rings. The van der Waals surface area contributed by atoms with Gasteiger partial charge in [0.1, 0.15) is 5.15 Å². The lowest BCUT2D eigenvalue weighted by atomic mass is 10.3. The predicted molar refractivity (Wildman–Crippen MR) is 108 cm³/mol. The summed E-state index contributed by atoms with van der Waals surface area (Å²) >= 11 is 5.62. The fourth-order valence-corrected chi connectivity index (χ4v) is 3.10. The molecule has 5 heterocycles. The summed E-state index contributed by atoms with van der Waals surface area (Å²) in [5.74, 6) is 0.646. The lowest BCUT2D eigenvalue weighted by molar-refractivity contribution is 0.0357. The summed E-state index contributed by atoms with van der Waals surface area (Å²) in [5, 5.41) is 8.75. The van der Waals surface area contributed by atoms with E-state index in [-0.39, 0.29) is 0 Å². The molecular formula is C19H22ClN7O2. The third-order valence-electron chi connectivity index (χ3n) is 4.43. The average molecular weight is 416 g/mol. The Morgan fingerprint density at radius 1 is 0.931 bits per heavy atom. The van der Waals surface area contributed by atoms with Crippen LogP contribution in [-0.4, -0.2) is 73.6 Å². The molecule has 0 radical (unpaired) electrons. The van der Waals surface area contributed by atoms with Crippen molar-refractivity contribution >= 4 is 22.9 Å². The van der Waals surface area contributed by atoms with E-state index in [1.165, 1.54) is 0 Å². The SMILES string of the molecule is Clc1ccc2nccn2n1.c1cn2nc(OCCCN3CCOCC3)ccc2n1. The van der Waals surface area contributed by atoms with Gasteiger partial charge in [-0.05, 0) is 24.6 Å². The molecule has 0 N–H and O–H groups in total. The van der Waals surface area contributed by atoms with Crippen molar-refractivity contribution in [3.63, 3.8) is 0 Å². The van der Waals surface area contributed by atoms with Crippen LogP contribution in [0.1, 0.15) is 6.42 Å². The van der Waals surface area contributed by atoms with E-state index < -0.39 is 0 Å². The van der Waals surface area contributed by atoms with Crippen LogP contribution in [0.4, 0.5) is 0 Å². The maximum atomic E-state index is 5.66. The molecule has 0 atom stereocenters. The van der Waals surface area contributed by atoms with Gasteiger partial charge in [-0.3, -0.25) is 4.90 Å². The van der Waals surface area contributed by atoms with E-state index in [1.54, 1.807) is 33.7 Å². The van der Waals surface area contributed by atoms with Crippen molar-refractivity contribution in [3.05, 3.63) is 54.2 Å². The molecule has 152 valence electrons. The monoisotopic (exact) mass is 415 g/mol. The van der Waals surface area contributed by atoms with Crippen LogP contribution < -0.4 is 4.74 Å². The number of aromatic nitrogens is 6. The van der Waals surface area contributed by atoms with Gasteiger partial charge in [-0.1, -0.05) is 11.6 Å². The van der Waals surface area contributed by atoms with E-state index in [2.05, 4.69) is 25.1 Å². The normalized spacial score (nSPS) is 14.7. The predicted octanol–water partition coefficient (Wildman–Crippen LogP) is 2.21. The fourth-order valence-electron chi connectivity index (χ4n) is 2.96. The molecule has 9 nitrogen and oxygen atoms in total. The molecule has 0 spiro atoms. The highest BCUT2D eigenvalue weighted by atomic mass is 35.5. The van der Waals surface area contributed by atoms with E-state index in [4.69, 9.17) is 21.1 Å². The number of ether oxygens (including phenoxy) is 2. The van der Waals surface area contributed by atoms with E-state index in [1.807, 2.05) is 24.4 Å². The number of hydrogen-bond donors (Lipinski definition) is 0. The van der Waals surface area contributed by atoms with Crippen molar-refractivity contribution in [2.75, 3.05) is 39.5 Å². The highest BCUT2D eigenvalue weighted by molar-refractivity contribution is 6.29. The van der Waals surface area contributed by atoms with Crippen LogP contribution in [0, 0.1) is 0 Å². The van der Waals surface area contributed by atoms with Crippen LogP contribution in [0.5, 0.6) is 5.88 Å². The maximum absolute atomic E-state index is 5.66. The highest BCUT2D eigenvalue weighted by Gasteiger charge is 2.09. The highest BCUT2D eigenvalue weighted by Crippen LogP contribution is 2.08. The maximum Gasteiger partial charge on any atom is 0.231 e. The van der Waals surface area contributed by atoms with Crippen molar-refractivity contribution in [3.8, 4) is 5.88 Å². The third-order valence-corrected chi connectivity index (χ3v) is 4.63. The lowest BCUT2D eigenvalue weighted by Crippen LogP contribution is -2.37. The van der Waals surface area contributed by atoms with E-state index in [0.717, 1.165) is 50.6 Å². The van der Waals surface area contributed by atoms with Crippen molar-refractivity contribution in [1.29, 1.82) is 0 Å². The average Bonchev–Trinajstić information content (AvgIpc) is 3.41. The summed E-state index contributed by atoms with van der Waals surface area (Å²) in [7, 11) is 0. The summed E-state index contributed by atoms with van der Waals surface area (Å²) in [6.45, 7) is 5.49. The minimum absolute atomic E-state index is 0.477. The molecule has 4 aromatic heterocycles. The molecule has 1 saturated heterocycles. The molecule has 0 unspecified atom stereocenters. The van der Waals surface area contributed by atoms with Crippen LogP contribution in [0.15, 0.2) is 49.1 Å². The van der Waals surface area contributed by atoms with Crippen LogP contribution in [-0.2, 0) is 4.74 Å². The van der Waals surface area contributed by atoms with Crippen molar-refractivity contribution in [2.45, 2.75) is 6.42 Å². The second-order valence-corrected chi connectivity index (χ2v) is 6.83. The first-order chi connectivity index (χ1) is 14.3. The van der Waals surface area contributed by atoms with Crippen molar-refractivity contribution in [1.82, 2.24) is 34.1 Å². The zero-order valence-electron chi connectivity index (χ0n) is 15.9. The standard InChI is InChI=1S/C13H18N4O2.C6H4ClN3/c1(5-16-7-10-18-11-8-16)9-19-13-3-2-12-14-4-6-17(12)15-13;7-5-1-2-6-8-3-4-10(6)9-5/h2-4,6H,1,5,7-11H2;1-4H. The molecule has 29 heavy (non-hydrogen) atoms. The van der Waals surface area contributed by atoms with Gasteiger partial charge in [0.15, 0.2) is 11.3 Å².